The number of hydrogen-bond acceptors (Lipinski definition) is 4. The second-order valence-corrected chi connectivity index (χ2v) is 15.2. The third-order valence-corrected chi connectivity index (χ3v) is 11.9. The molecule has 11 aromatic rings. The van der Waals surface area contributed by atoms with Gasteiger partial charge in [0.1, 0.15) is 11.2 Å². The number of para-hydroxylation sites is 1. The lowest BCUT2D eigenvalue weighted by atomic mass is 9.94. The number of benzene rings is 8. The molecule has 4 heteroatoms. The van der Waals surface area contributed by atoms with Gasteiger partial charge in [0.15, 0.2) is 5.82 Å². The maximum absolute atomic E-state index is 6.84. The predicted molar refractivity (Wildman–Crippen MR) is 235 cm³/mol. The molecule has 0 bridgehead atoms. The number of thiophene rings is 1. The summed E-state index contributed by atoms with van der Waals surface area (Å²) in [6.45, 7) is 0. The molecule has 0 N–H and O–H groups in total. The molecule has 3 nitrogen and oxygen atoms in total. The molecule has 3 heterocycles. The first-order valence-electron chi connectivity index (χ1n) is 18.8. The molecule has 0 radical (unpaired) electrons. The molecule has 0 aliphatic heterocycles. The molecule has 3 aromatic heterocycles. The van der Waals surface area contributed by atoms with Crippen molar-refractivity contribution in [3.8, 4) is 67.3 Å². The highest BCUT2D eigenvalue weighted by Crippen LogP contribution is 2.46. The van der Waals surface area contributed by atoms with E-state index in [2.05, 4.69) is 182 Å². The first-order valence-corrected chi connectivity index (χ1v) is 19.6. The fourth-order valence-electron chi connectivity index (χ4n) is 8.03. The van der Waals surface area contributed by atoms with Crippen LogP contribution in [0.5, 0.6) is 0 Å². The average Bonchev–Trinajstić information content (AvgIpc) is 3.86. The Morgan fingerprint density at radius 2 is 0.929 bits per heavy atom. The molecular weight excluding hydrogens is 701 g/mol. The van der Waals surface area contributed by atoms with Crippen LogP contribution in [0.1, 0.15) is 0 Å². The lowest BCUT2D eigenvalue weighted by molar-refractivity contribution is 0.669. The van der Waals surface area contributed by atoms with Crippen molar-refractivity contribution < 1.29 is 4.42 Å². The summed E-state index contributed by atoms with van der Waals surface area (Å²) < 4.78 is 9.39. The van der Waals surface area contributed by atoms with Gasteiger partial charge in [-0.05, 0) is 70.3 Å². The summed E-state index contributed by atoms with van der Waals surface area (Å²) in [5, 5.41) is 4.68. The van der Waals surface area contributed by atoms with Crippen LogP contribution in [0.3, 0.4) is 0 Å². The molecule has 0 spiro atoms. The van der Waals surface area contributed by atoms with Crippen LogP contribution >= 0.6 is 11.3 Å². The molecule has 0 unspecified atom stereocenters. The highest BCUT2D eigenvalue weighted by molar-refractivity contribution is 7.26. The van der Waals surface area contributed by atoms with Gasteiger partial charge in [-0.3, -0.25) is 0 Å². The molecule has 0 saturated heterocycles. The summed E-state index contributed by atoms with van der Waals surface area (Å²) in [6, 6.07) is 68.4. The Morgan fingerprint density at radius 1 is 0.375 bits per heavy atom. The van der Waals surface area contributed by atoms with Crippen molar-refractivity contribution in [2.45, 2.75) is 0 Å². The fraction of sp³-hybridized carbons (Fsp3) is 0. The van der Waals surface area contributed by atoms with E-state index in [9.17, 15) is 0 Å². The second kappa shape index (κ2) is 13.3. The van der Waals surface area contributed by atoms with E-state index in [1.165, 1.54) is 25.7 Å². The zero-order valence-corrected chi connectivity index (χ0v) is 31.0. The van der Waals surface area contributed by atoms with E-state index >= 15 is 0 Å². The van der Waals surface area contributed by atoms with Gasteiger partial charge in [-0.2, -0.15) is 0 Å². The van der Waals surface area contributed by atoms with Gasteiger partial charge < -0.3 is 4.42 Å². The number of fused-ring (bicyclic) bond motifs is 6. The Labute approximate surface area is 327 Å². The maximum Gasteiger partial charge on any atom is 0.164 e. The number of aromatic nitrogens is 2. The summed E-state index contributed by atoms with van der Waals surface area (Å²) in [5.74, 6) is 0.614. The van der Waals surface area contributed by atoms with E-state index in [-0.39, 0.29) is 0 Å². The van der Waals surface area contributed by atoms with Crippen LogP contribution < -0.4 is 0 Å². The van der Waals surface area contributed by atoms with E-state index in [4.69, 9.17) is 14.4 Å². The molecule has 0 atom stereocenters. The average molecular weight is 733 g/mol. The molecule has 0 fully saturated rings. The molecule has 0 saturated carbocycles. The maximum atomic E-state index is 6.84. The van der Waals surface area contributed by atoms with Gasteiger partial charge in [0, 0.05) is 47.6 Å². The third kappa shape index (κ3) is 5.50. The normalized spacial score (nSPS) is 11.6. The van der Waals surface area contributed by atoms with Crippen molar-refractivity contribution >= 4 is 53.4 Å². The first kappa shape index (κ1) is 32.3. The van der Waals surface area contributed by atoms with Crippen molar-refractivity contribution in [1.82, 2.24) is 9.97 Å². The Kier molecular flexibility index (Phi) is 7.68. The third-order valence-electron chi connectivity index (χ3n) is 10.7. The van der Waals surface area contributed by atoms with Crippen molar-refractivity contribution in [3.05, 3.63) is 194 Å². The van der Waals surface area contributed by atoms with Gasteiger partial charge in [0.05, 0.1) is 17.0 Å². The van der Waals surface area contributed by atoms with Crippen LogP contribution in [0, 0.1) is 0 Å². The number of rotatable bonds is 6. The Balaban J connectivity index is 1.17. The van der Waals surface area contributed by atoms with Gasteiger partial charge in [-0.25, -0.2) is 9.97 Å². The van der Waals surface area contributed by atoms with Gasteiger partial charge in [0.2, 0.25) is 0 Å². The molecule has 262 valence electrons. The largest absolute Gasteiger partial charge is 0.455 e. The highest BCUT2D eigenvalue weighted by atomic mass is 32.1. The molecule has 56 heavy (non-hydrogen) atoms. The van der Waals surface area contributed by atoms with Crippen LogP contribution in [0.2, 0.25) is 0 Å². The van der Waals surface area contributed by atoms with Crippen LogP contribution in [-0.4, -0.2) is 9.97 Å². The minimum absolute atomic E-state index is 0.614. The number of furan rings is 1. The molecule has 0 amide bonds. The van der Waals surface area contributed by atoms with Gasteiger partial charge in [0.25, 0.3) is 0 Å². The zero-order chi connectivity index (χ0) is 37.0. The summed E-state index contributed by atoms with van der Waals surface area (Å²) in [7, 11) is 0. The lowest BCUT2D eigenvalue weighted by Crippen LogP contribution is -1.97. The standard InChI is InChI=1S/C52H32N2OS/c1-4-15-33(16-5-1)36-29-37(34-17-6-2-7-18-34)31-38(30-36)46-32-45(35-19-8-3-9-20-35)53-52(54-46)44-28-27-40(49-43-22-10-12-25-47(43)55-50(44)49)42-24-14-23-41-39-21-11-13-26-48(39)56-51(41)42/h1-32H. The molecule has 0 aliphatic rings. The minimum atomic E-state index is 0.614. The number of nitrogens with zero attached hydrogens (tertiary/aromatic N) is 2. The van der Waals surface area contributed by atoms with Crippen LogP contribution in [0.4, 0.5) is 0 Å². The van der Waals surface area contributed by atoms with E-state index in [0.29, 0.717) is 5.82 Å². The molecular formula is C52H32N2OS. The van der Waals surface area contributed by atoms with Crippen LogP contribution in [-0.2, 0) is 0 Å². The Hall–Kier alpha value is -7.14. The van der Waals surface area contributed by atoms with Crippen LogP contribution in [0.25, 0.3) is 109 Å². The van der Waals surface area contributed by atoms with Crippen molar-refractivity contribution in [3.63, 3.8) is 0 Å². The quantitative estimate of drug-likeness (QED) is 0.171. The van der Waals surface area contributed by atoms with Crippen LogP contribution in [0.15, 0.2) is 199 Å². The summed E-state index contributed by atoms with van der Waals surface area (Å²) >= 11 is 1.84. The smallest absolute Gasteiger partial charge is 0.164 e. The highest BCUT2D eigenvalue weighted by Gasteiger charge is 2.22. The van der Waals surface area contributed by atoms with Crippen molar-refractivity contribution in [1.29, 1.82) is 0 Å². The topological polar surface area (TPSA) is 38.9 Å². The first-order chi connectivity index (χ1) is 27.7. The lowest BCUT2D eigenvalue weighted by Gasteiger charge is -2.14. The summed E-state index contributed by atoms with van der Waals surface area (Å²) in [6.07, 6.45) is 0. The van der Waals surface area contributed by atoms with Gasteiger partial charge in [-0.15, -0.1) is 11.3 Å². The SMILES string of the molecule is c1ccc(-c2cc(-c3ccccc3)cc(-c3cc(-c4ccccc4)nc(-c4ccc(-c5cccc6c5sc5ccccc56)c5c4oc4ccccc45)n3)c2)cc1. The Bertz CT molecular complexity index is 3180. The monoisotopic (exact) mass is 732 g/mol. The van der Waals surface area contributed by atoms with Gasteiger partial charge in [-0.1, -0.05) is 152 Å². The fourth-order valence-corrected chi connectivity index (χ4v) is 9.26. The summed E-state index contributed by atoms with van der Waals surface area (Å²) in [4.78, 5) is 10.7. The molecule has 8 aromatic carbocycles. The van der Waals surface area contributed by atoms with Gasteiger partial charge >= 0.3 is 0 Å². The van der Waals surface area contributed by atoms with E-state index < -0.39 is 0 Å². The summed E-state index contributed by atoms with van der Waals surface area (Å²) in [5.41, 5.74) is 13.1. The number of hydrogen-bond donors (Lipinski definition) is 0. The van der Waals surface area contributed by atoms with E-state index in [1.54, 1.807) is 0 Å². The van der Waals surface area contributed by atoms with Crippen molar-refractivity contribution in [2.24, 2.45) is 0 Å². The molecule has 0 aliphatic carbocycles. The minimum Gasteiger partial charge on any atom is -0.455 e. The zero-order valence-electron chi connectivity index (χ0n) is 30.2. The predicted octanol–water partition coefficient (Wildman–Crippen LogP) is 14.7. The van der Waals surface area contributed by atoms with E-state index in [0.717, 1.165) is 77.8 Å². The second-order valence-electron chi connectivity index (χ2n) is 14.1. The molecule has 11 rings (SSSR count). The Morgan fingerprint density at radius 3 is 1.64 bits per heavy atom. The van der Waals surface area contributed by atoms with E-state index in [1.807, 2.05) is 23.5 Å². The van der Waals surface area contributed by atoms with Crippen molar-refractivity contribution in [2.75, 3.05) is 0 Å².